The molecular formula is C20H15F4N3O5S. The van der Waals surface area contributed by atoms with Gasteiger partial charge in [-0.1, -0.05) is 6.07 Å². The van der Waals surface area contributed by atoms with Crippen LogP contribution in [0, 0.1) is 5.82 Å². The lowest BCUT2D eigenvalue weighted by atomic mass is 10.0. The molecular weight excluding hydrogens is 470 g/mol. The zero-order chi connectivity index (χ0) is 24.0. The number of esters is 1. The molecule has 0 amide bonds. The number of halogens is 4. The number of aromatic nitrogens is 2. The van der Waals surface area contributed by atoms with E-state index in [1.807, 2.05) is 0 Å². The number of ether oxygens (including phenoxy) is 1. The molecule has 1 aliphatic heterocycles. The highest BCUT2D eigenvalue weighted by molar-refractivity contribution is 7.88. The van der Waals surface area contributed by atoms with Crippen LogP contribution in [0.15, 0.2) is 36.4 Å². The van der Waals surface area contributed by atoms with Crippen LogP contribution < -0.4 is 9.08 Å². The van der Waals surface area contributed by atoms with Gasteiger partial charge >= 0.3 is 21.6 Å². The van der Waals surface area contributed by atoms with Crippen molar-refractivity contribution >= 4 is 38.6 Å². The molecule has 174 valence electrons. The molecule has 8 nitrogen and oxygen atoms in total. The van der Waals surface area contributed by atoms with Gasteiger partial charge in [0.2, 0.25) is 0 Å². The Hall–Kier alpha value is -3.48. The monoisotopic (exact) mass is 485 g/mol. The number of fused-ring (bicyclic) bond motifs is 2. The molecule has 33 heavy (non-hydrogen) atoms. The van der Waals surface area contributed by atoms with Gasteiger partial charge in [-0.15, -0.1) is 0 Å². The number of nitrogens with zero attached hydrogens (tertiary/aromatic N) is 3. The molecule has 4 rings (SSSR count). The Balaban J connectivity index is 1.94. The van der Waals surface area contributed by atoms with Gasteiger partial charge in [0, 0.05) is 17.8 Å². The molecule has 0 fully saturated rings. The minimum absolute atomic E-state index is 0.0322. The lowest BCUT2D eigenvalue weighted by Crippen LogP contribution is -2.31. The van der Waals surface area contributed by atoms with E-state index in [0.717, 1.165) is 0 Å². The van der Waals surface area contributed by atoms with E-state index in [4.69, 9.17) is 0 Å². The average molecular weight is 485 g/mol. The lowest BCUT2D eigenvalue weighted by Gasteiger charge is -2.31. The van der Waals surface area contributed by atoms with Crippen LogP contribution in [0.5, 0.6) is 5.88 Å². The molecule has 0 aliphatic carbocycles. The average Bonchev–Trinajstić information content (AvgIpc) is 2.77. The third-order valence-corrected chi connectivity index (χ3v) is 5.90. The molecule has 0 bridgehead atoms. The zero-order valence-electron chi connectivity index (χ0n) is 16.9. The summed E-state index contributed by atoms with van der Waals surface area (Å²) in [6, 6.07) is 8.00. The van der Waals surface area contributed by atoms with Crippen LogP contribution in [0.3, 0.4) is 0 Å². The first-order valence-corrected chi connectivity index (χ1v) is 10.9. The van der Waals surface area contributed by atoms with Gasteiger partial charge in [-0.2, -0.15) is 21.6 Å². The van der Waals surface area contributed by atoms with Crippen molar-refractivity contribution in [2.24, 2.45) is 0 Å². The van der Waals surface area contributed by atoms with Crippen LogP contribution in [0.2, 0.25) is 0 Å². The van der Waals surface area contributed by atoms with Gasteiger partial charge in [-0.05, 0) is 43.2 Å². The highest BCUT2D eigenvalue weighted by Gasteiger charge is 2.49. The Bertz CT molecular complexity index is 1360. The number of hydrogen-bond donors (Lipinski definition) is 0. The van der Waals surface area contributed by atoms with Crippen LogP contribution in [0.4, 0.5) is 29.1 Å². The highest BCUT2D eigenvalue weighted by atomic mass is 32.2. The molecule has 13 heteroatoms. The van der Waals surface area contributed by atoms with Gasteiger partial charge in [0.05, 0.1) is 23.7 Å². The van der Waals surface area contributed by atoms with E-state index in [1.165, 1.54) is 48.4 Å². The van der Waals surface area contributed by atoms with Gasteiger partial charge in [-0.3, -0.25) is 0 Å². The molecule has 0 spiro atoms. The normalized spacial score (nSPS) is 14.2. The van der Waals surface area contributed by atoms with Crippen molar-refractivity contribution in [2.45, 2.75) is 18.3 Å². The summed E-state index contributed by atoms with van der Waals surface area (Å²) < 4.78 is 85.8. The minimum Gasteiger partial charge on any atom is -0.465 e. The molecule has 3 aromatic rings. The number of carbonyl (C=O) groups excluding carboxylic acids is 1. The summed E-state index contributed by atoms with van der Waals surface area (Å²) in [7, 11) is -4.90. The maximum absolute atomic E-state index is 14.3. The van der Waals surface area contributed by atoms with E-state index in [-0.39, 0.29) is 34.6 Å². The SMILES string of the molecule is COC(=O)c1ccc2nc(OS(=O)(=O)C(F)(F)F)c(N3CCCc4c(F)cccc43)nc2c1. The maximum atomic E-state index is 14.3. The van der Waals surface area contributed by atoms with E-state index in [9.17, 15) is 30.8 Å². The van der Waals surface area contributed by atoms with Crippen LogP contribution >= 0.6 is 0 Å². The summed E-state index contributed by atoms with van der Waals surface area (Å²) in [5, 5.41) is 0. The fourth-order valence-corrected chi connectivity index (χ4v) is 3.87. The van der Waals surface area contributed by atoms with Crippen LogP contribution in [-0.2, 0) is 21.3 Å². The fourth-order valence-electron chi connectivity index (χ4n) is 3.46. The van der Waals surface area contributed by atoms with E-state index in [1.54, 1.807) is 0 Å². The van der Waals surface area contributed by atoms with Crippen LogP contribution in [0.25, 0.3) is 11.0 Å². The highest BCUT2D eigenvalue weighted by Crippen LogP contribution is 2.40. The standard InChI is InChI=1S/C20H15F4N3O5S/c1-31-19(28)11-7-8-14-15(10-11)25-17(18(26-14)32-33(29,30)20(22,23)24)27-9-3-4-12-13(21)5-2-6-16(12)27/h2,5-8,10H,3-4,9H2,1H3. The topological polar surface area (TPSA) is 98.7 Å². The number of carbonyl (C=O) groups is 1. The smallest absolute Gasteiger partial charge is 0.465 e. The Morgan fingerprint density at radius 3 is 2.58 bits per heavy atom. The van der Waals surface area contributed by atoms with Crippen molar-refractivity contribution in [3.05, 3.63) is 53.3 Å². The number of anilines is 2. The van der Waals surface area contributed by atoms with Gasteiger partial charge in [-0.25, -0.2) is 19.2 Å². The molecule has 0 saturated carbocycles. The Labute approximate surface area is 184 Å². The fraction of sp³-hybridized carbons (Fsp3) is 0.250. The second-order valence-corrected chi connectivity index (χ2v) is 8.56. The zero-order valence-corrected chi connectivity index (χ0v) is 17.7. The molecule has 2 heterocycles. The quantitative estimate of drug-likeness (QED) is 0.238. The summed E-state index contributed by atoms with van der Waals surface area (Å²) in [5.74, 6) is -2.51. The second kappa shape index (κ2) is 8.14. The van der Waals surface area contributed by atoms with Crippen molar-refractivity contribution in [2.75, 3.05) is 18.6 Å². The molecule has 1 aliphatic rings. The second-order valence-electron chi connectivity index (χ2n) is 7.02. The van der Waals surface area contributed by atoms with E-state index < -0.39 is 33.3 Å². The van der Waals surface area contributed by atoms with Crippen LogP contribution in [-0.4, -0.2) is 43.5 Å². The minimum atomic E-state index is -6.07. The maximum Gasteiger partial charge on any atom is 0.534 e. The molecule has 0 N–H and O–H groups in total. The summed E-state index contributed by atoms with van der Waals surface area (Å²) in [6.45, 7) is 0.176. The molecule has 0 unspecified atom stereocenters. The third kappa shape index (κ3) is 4.15. The summed E-state index contributed by atoms with van der Waals surface area (Å²) >= 11 is 0. The van der Waals surface area contributed by atoms with Gasteiger partial charge < -0.3 is 13.8 Å². The largest absolute Gasteiger partial charge is 0.534 e. The van der Waals surface area contributed by atoms with Gasteiger partial charge in [0.25, 0.3) is 5.88 Å². The van der Waals surface area contributed by atoms with Crippen molar-refractivity contribution in [3.63, 3.8) is 0 Å². The Morgan fingerprint density at radius 1 is 1.12 bits per heavy atom. The summed E-state index contributed by atoms with van der Waals surface area (Å²) in [5.41, 5.74) is -5.01. The first kappa shape index (κ1) is 22.7. The first-order chi connectivity index (χ1) is 15.5. The van der Waals surface area contributed by atoms with Crippen molar-refractivity contribution in [1.82, 2.24) is 9.97 Å². The van der Waals surface area contributed by atoms with Gasteiger partial charge in [0.15, 0.2) is 5.82 Å². The predicted octanol–water partition coefficient (Wildman–Crippen LogP) is 3.87. The molecule has 0 saturated heterocycles. The Morgan fingerprint density at radius 2 is 1.88 bits per heavy atom. The van der Waals surface area contributed by atoms with Crippen LogP contribution in [0.1, 0.15) is 22.3 Å². The molecule has 1 aromatic heterocycles. The molecule has 0 radical (unpaired) electrons. The van der Waals surface area contributed by atoms with Crippen molar-refractivity contribution in [1.29, 1.82) is 0 Å². The number of rotatable bonds is 4. The van der Waals surface area contributed by atoms with Crippen molar-refractivity contribution in [3.8, 4) is 5.88 Å². The summed E-state index contributed by atoms with van der Waals surface area (Å²) in [4.78, 5) is 21.4. The van der Waals surface area contributed by atoms with E-state index in [0.29, 0.717) is 18.4 Å². The summed E-state index contributed by atoms with van der Waals surface area (Å²) in [6.07, 6.45) is 0.768. The van der Waals surface area contributed by atoms with E-state index >= 15 is 0 Å². The molecule has 0 atom stereocenters. The molecule has 2 aromatic carbocycles. The number of benzene rings is 2. The first-order valence-electron chi connectivity index (χ1n) is 9.47. The lowest BCUT2D eigenvalue weighted by molar-refractivity contribution is -0.0501. The Kier molecular flexibility index (Phi) is 5.60. The number of methoxy groups -OCH3 is 1. The third-order valence-electron chi connectivity index (χ3n) is 4.96. The predicted molar refractivity (Wildman–Crippen MR) is 108 cm³/mol. The van der Waals surface area contributed by atoms with E-state index in [2.05, 4.69) is 18.9 Å². The number of hydrogen-bond acceptors (Lipinski definition) is 8. The van der Waals surface area contributed by atoms with Crippen molar-refractivity contribution < 1.29 is 39.7 Å². The number of alkyl halides is 3. The van der Waals surface area contributed by atoms with Gasteiger partial charge in [0.1, 0.15) is 5.82 Å².